The summed E-state index contributed by atoms with van der Waals surface area (Å²) >= 11 is 5.82. The Kier molecular flexibility index (Phi) is 6.37. The molecule has 3 rings (SSSR count). The van der Waals surface area contributed by atoms with Gasteiger partial charge in [0.05, 0.1) is 11.3 Å². The van der Waals surface area contributed by atoms with Gasteiger partial charge >= 0.3 is 6.18 Å². The van der Waals surface area contributed by atoms with Crippen LogP contribution in [0.3, 0.4) is 0 Å². The topological polar surface area (TPSA) is 74.1 Å². The Hall–Kier alpha value is -2.59. The average Bonchev–Trinajstić information content (AvgIpc) is 3.11. The molecule has 2 aromatic carbocycles. The first-order valence-electron chi connectivity index (χ1n) is 8.79. The lowest BCUT2D eigenvalue weighted by molar-refractivity contribution is -0.137. The first-order chi connectivity index (χ1) is 14.1. The molecular formula is C19H17ClF3N3O3S. The lowest BCUT2D eigenvalue weighted by Crippen LogP contribution is -2.15. The van der Waals surface area contributed by atoms with Crippen molar-refractivity contribution >= 4 is 21.4 Å². The number of aromatic nitrogens is 3. The van der Waals surface area contributed by atoms with Crippen molar-refractivity contribution in [2.24, 2.45) is 0 Å². The van der Waals surface area contributed by atoms with E-state index in [1.54, 1.807) is 31.2 Å². The molecule has 0 spiro atoms. The van der Waals surface area contributed by atoms with E-state index in [-0.39, 0.29) is 35.6 Å². The molecule has 30 heavy (non-hydrogen) atoms. The van der Waals surface area contributed by atoms with Gasteiger partial charge in [0.2, 0.25) is 15.0 Å². The van der Waals surface area contributed by atoms with Crippen molar-refractivity contribution in [3.8, 4) is 5.75 Å². The van der Waals surface area contributed by atoms with E-state index in [0.29, 0.717) is 10.6 Å². The summed E-state index contributed by atoms with van der Waals surface area (Å²) in [5, 5.41) is 7.90. The van der Waals surface area contributed by atoms with Crippen LogP contribution in [0.15, 0.2) is 53.7 Å². The van der Waals surface area contributed by atoms with Crippen LogP contribution in [-0.4, -0.2) is 23.2 Å². The summed E-state index contributed by atoms with van der Waals surface area (Å²) in [6.07, 6.45) is -4.49. The molecule has 0 N–H and O–H groups in total. The molecule has 1 aromatic heterocycles. The van der Waals surface area contributed by atoms with Crippen molar-refractivity contribution in [2.45, 2.75) is 37.2 Å². The molecule has 0 aliphatic heterocycles. The number of halogens is 4. The fourth-order valence-corrected chi connectivity index (χ4v) is 4.37. The number of benzene rings is 2. The molecule has 0 amide bonds. The van der Waals surface area contributed by atoms with Gasteiger partial charge in [0.1, 0.15) is 12.4 Å². The van der Waals surface area contributed by atoms with Gasteiger partial charge in [0.15, 0.2) is 5.82 Å². The van der Waals surface area contributed by atoms with E-state index in [4.69, 9.17) is 16.3 Å². The van der Waals surface area contributed by atoms with E-state index >= 15 is 0 Å². The zero-order valence-electron chi connectivity index (χ0n) is 15.7. The highest BCUT2D eigenvalue weighted by Gasteiger charge is 2.30. The summed E-state index contributed by atoms with van der Waals surface area (Å²) in [7, 11) is -3.82. The van der Waals surface area contributed by atoms with E-state index < -0.39 is 21.6 Å². The van der Waals surface area contributed by atoms with Gasteiger partial charge < -0.3 is 4.74 Å². The Labute approximate surface area is 176 Å². The molecule has 0 radical (unpaired) electrons. The van der Waals surface area contributed by atoms with Crippen molar-refractivity contribution < 1.29 is 26.3 Å². The minimum absolute atomic E-state index is 0.0129. The van der Waals surface area contributed by atoms with Crippen LogP contribution in [0.25, 0.3) is 0 Å². The molecule has 0 fully saturated rings. The molecule has 11 heteroatoms. The van der Waals surface area contributed by atoms with Crippen molar-refractivity contribution in [3.63, 3.8) is 0 Å². The molecule has 160 valence electrons. The summed E-state index contributed by atoms with van der Waals surface area (Å²) in [4.78, 5) is 0. The Morgan fingerprint density at radius 2 is 1.80 bits per heavy atom. The molecule has 0 atom stereocenters. The van der Waals surface area contributed by atoms with Crippen LogP contribution >= 0.6 is 11.6 Å². The van der Waals surface area contributed by atoms with E-state index in [9.17, 15) is 21.6 Å². The van der Waals surface area contributed by atoms with E-state index in [2.05, 4.69) is 10.2 Å². The highest BCUT2D eigenvalue weighted by atomic mass is 35.5. The maximum Gasteiger partial charge on any atom is 0.416 e. The van der Waals surface area contributed by atoms with Crippen LogP contribution in [0, 0.1) is 0 Å². The summed E-state index contributed by atoms with van der Waals surface area (Å²) in [5.41, 5.74) is -0.310. The van der Waals surface area contributed by atoms with Crippen LogP contribution in [-0.2, 0) is 34.9 Å². The maximum absolute atomic E-state index is 12.8. The van der Waals surface area contributed by atoms with E-state index in [0.717, 1.165) is 12.1 Å². The van der Waals surface area contributed by atoms with Crippen LogP contribution in [0.5, 0.6) is 5.75 Å². The fraction of sp³-hybridized carbons (Fsp3) is 0.263. The fourth-order valence-electron chi connectivity index (χ4n) is 2.75. The summed E-state index contributed by atoms with van der Waals surface area (Å²) in [5.74, 6) is -0.123. The number of hydrogen-bond acceptors (Lipinski definition) is 5. The van der Waals surface area contributed by atoms with Gasteiger partial charge in [-0.05, 0) is 42.8 Å². The summed E-state index contributed by atoms with van der Waals surface area (Å²) in [6.45, 7) is 1.71. The third kappa shape index (κ3) is 5.11. The maximum atomic E-state index is 12.8. The van der Waals surface area contributed by atoms with Gasteiger partial charge in [0, 0.05) is 11.6 Å². The number of ether oxygens (including phenoxy) is 1. The number of sulfone groups is 1. The van der Waals surface area contributed by atoms with Gasteiger partial charge in [-0.3, -0.25) is 4.57 Å². The highest BCUT2D eigenvalue weighted by Crippen LogP contribution is 2.31. The van der Waals surface area contributed by atoms with E-state index in [1.165, 1.54) is 16.7 Å². The number of rotatable bonds is 7. The average molecular weight is 460 g/mol. The van der Waals surface area contributed by atoms with Crippen molar-refractivity contribution in [1.29, 1.82) is 0 Å². The van der Waals surface area contributed by atoms with Crippen molar-refractivity contribution in [2.75, 3.05) is 0 Å². The minimum atomic E-state index is -4.49. The third-order valence-electron chi connectivity index (χ3n) is 4.19. The van der Waals surface area contributed by atoms with Crippen LogP contribution < -0.4 is 4.74 Å². The van der Waals surface area contributed by atoms with Gasteiger partial charge in [0.25, 0.3) is 0 Å². The molecular weight excluding hydrogens is 443 g/mol. The van der Waals surface area contributed by atoms with Gasteiger partial charge in [-0.25, -0.2) is 8.42 Å². The van der Waals surface area contributed by atoms with Gasteiger partial charge in [-0.15, -0.1) is 10.2 Å². The standard InChI is InChI=1S/C19H17ClF3N3O3S/c1-2-26-17(11-29-16-5-3-4-14(10-16)19(21,22)23)24-25-18(26)30(27,28)12-13-6-8-15(20)9-7-13/h3-10H,2,11-12H2,1H3. The zero-order valence-corrected chi connectivity index (χ0v) is 17.3. The quantitative estimate of drug-likeness (QED) is 0.519. The molecule has 0 saturated carbocycles. The van der Waals surface area contributed by atoms with E-state index in [1.807, 2.05) is 0 Å². The lowest BCUT2D eigenvalue weighted by atomic mass is 10.2. The Morgan fingerprint density at radius 1 is 1.10 bits per heavy atom. The van der Waals surface area contributed by atoms with Crippen LogP contribution in [0.4, 0.5) is 13.2 Å². The van der Waals surface area contributed by atoms with Gasteiger partial charge in [-0.1, -0.05) is 29.8 Å². The summed E-state index contributed by atoms with van der Waals surface area (Å²) < 4.78 is 70.8. The molecule has 6 nitrogen and oxygen atoms in total. The van der Waals surface area contributed by atoms with Gasteiger partial charge in [-0.2, -0.15) is 13.2 Å². The molecule has 1 heterocycles. The molecule has 0 saturated heterocycles. The normalized spacial score (nSPS) is 12.2. The Balaban J connectivity index is 1.79. The number of alkyl halides is 3. The summed E-state index contributed by atoms with van der Waals surface area (Å²) in [6, 6.07) is 10.8. The second-order valence-electron chi connectivity index (χ2n) is 6.34. The lowest BCUT2D eigenvalue weighted by Gasteiger charge is -2.11. The van der Waals surface area contributed by atoms with Crippen LogP contribution in [0.1, 0.15) is 23.9 Å². The highest BCUT2D eigenvalue weighted by molar-refractivity contribution is 7.90. The van der Waals surface area contributed by atoms with Crippen LogP contribution in [0.2, 0.25) is 5.02 Å². The predicted octanol–water partition coefficient (Wildman–Crippen LogP) is 4.52. The molecule has 0 aliphatic rings. The Morgan fingerprint density at radius 3 is 2.43 bits per heavy atom. The molecule has 3 aromatic rings. The minimum Gasteiger partial charge on any atom is -0.486 e. The zero-order chi connectivity index (χ0) is 21.9. The van der Waals surface area contributed by atoms with Crippen molar-refractivity contribution in [1.82, 2.24) is 14.8 Å². The predicted molar refractivity (Wildman–Crippen MR) is 104 cm³/mol. The second-order valence-corrected chi connectivity index (χ2v) is 8.66. The SMILES string of the molecule is CCn1c(COc2cccc(C(F)(F)F)c2)nnc1S(=O)(=O)Cc1ccc(Cl)cc1. The molecule has 0 aliphatic carbocycles. The first kappa shape index (κ1) is 22.1. The first-order valence-corrected chi connectivity index (χ1v) is 10.8. The molecule has 0 unspecified atom stereocenters. The second kappa shape index (κ2) is 8.65. The number of hydrogen-bond donors (Lipinski definition) is 0. The monoisotopic (exact) mass is 459 g/mol. The number of nitrogens with zero attached hydrogens (tertiary/aromatic N) is 3. The Bertz CT molecular complexity index is 1130. The molecule has 0 bridgehead atoms. The smallest absolute Gasteiger partial charge is 0.416 e. The third-order valence-corrected chi connectivity index (χ3v) is 6.01. The largest absolute Gasteiger partial charge is 0.486 e. The van der Waals surface area contributed by atoms with Crippen molar-refractivity contribution in [3.05, 3.63) is 70.5 Å².